The van der Waals surface area contributed by atoms with Crippen LogP contribution in [0.1, 0.15) is 39.3 Å². The van der Waals surface area contributed by atoms with E-state index in [1.165, 1.54) is 6.20 Å². The minimum atomic E-state index is 0.494. The van der Waals surface area contributed by atoms with Crippen LogP contribution in [0.5, 0.6) is 0 Å². The average molecular weight is 366 g/mol. The number of unbranched alkanes of at least 4 members (excludes halogenated alkanes) is 1. The quantitative estimate of drug-likeness (QED) is 0.632. The monoisotopic (exact) mass is 365 g/mol. The summed E-state index contributed by atoms with van der Waals surface area (Å²) in [6, 6.07) is 6.72. The lowest BCUT2D eigenvalue weighted by Gasteiger charge is -2.20. The third-order valence-corrected chi connectivity index (χ3v) is 4.23. The molecule has 2 rings (SSSR count). The molecule has 0 aliphatic rings. The van der Waals surface area contributed by atoms with E-state index in [9.17, 15) is 0 Å². The molecule has 144 valence electrons. The van der Waals surface area contributed by atoms with E-state index < -0.39 is 0 Å². The smallest absolute Gasteiger partial charge is 0.0914 e. The number of hydrogen-bond acceptors (Lipinski definition) is 5. The molecule has 2 aromatic rings. The molecule has 1 N–H and O–H groups in total. The summed E-state index contributed by atoms with van der Waals surface area (Å²) < 4.78 is 0. The number of nitrogens with zero attached hydrogens (tertiary/aromatic N) is 4. The van der Waals surface area contributed by atoms with Crippen LogP contribution in [0, 0.1) is 0 Å². The summed E-state index contributed by atoms with van der Waals surface area (Å²) in [5.74, 6) is 0. The van der Waals surface area contributed by atoms with Crippen LogP contribution in [0.4, 0.5) is 5.69 Å². The minimum Gasteiger partial charge on any atom is -0.373 e. The first-order valence-electron chi connectivity index (χ1n) is 9.61. The number of allylic oxidation sites excluding steroid dienone is 2. The van der Waals surface area contributed by atoms with Gasteiger partial charge in [0, 0.05) is 49.9 Å². The van der Waals surface area contributed by atoms with Gasteiger partial charge in [-0.3, -0.25) is 9.98 Å². The van der Waals surface area contributed by atoms with E-state index in [2.05, 4.69) is 72.8 Å². The molecule has 0 unspecified atom stereocenters. The van der Waals surface area contributed by atoms with Crippen LogP contribution in [0.3, 0.4) is 0 Å². The fraction of sp³-hybridized carbons (Fsp3) is 0.409. The third-order valence-electron chi connectivity index (χ3n) is 4.23. The number of benzene rings is 1. The highest BCUT2D eigenvalue weighted by molar-refractivity contribution is 6.09. The van der Waals surface area contributed by atoms with Gasteiger partial charge in [0.15, 0.2) is 0 Å². The Morgan fingerprint density at radius 3 is 2.85 bits per heavy atom. The van der Waals surface area contributed by atoms with Crippen molar-refractivity contribution in [3.05, 3.63) is 48.9 Å². The van der Waals surface area contributed by atoms with Crippen molar-refractivity contribution in [1.82, 2.24) is 15.3 Å². The lowest BCUT2D eigenvalue weighted by atomic mass is 10.1. The summed E-state index contributed by atoms with van der Waals surface area (Å²) in [4.78, 5) is 15.8. The second-order valence-corrected chi connectivity index (χ2v) is 6.87. The van der Waals surface area contributed by atoms with Gasteiger partial charge < -0.3 is 10.2 Å². The molecule has 5 nitrogen and oxygen atoms in total. The van der Waals surface area contributed by atoms with E-state index in [0.29, 0.717) is 6.04 Å². The minimum absolute atomic E-state index is 0.494. The van der Waals surface area contributed by atoms with Crippen LogP contribution in [-0.2, 0) is 0 Å². The maximum atomic E-state index is 4.83. The van der Waals surface area contributed by atoms with E-state index in [1.807, 2.05) is 12.3 Å². The molecular weight excluding hydrogens is 334 g/mol. The standard InChI is InChI=1S/C22H31N5/c1-6-8-9-18(15-23-7-2)22-16-25-20-11-10-19(14-21(20)26-22)27(5)13-12-24-17(3)4/h7,9-11,14-17,24H,2,6,8,12-13H2,1,3-5H3/b18-9+,23-15?. The largest absolute Gasteiger partial charge is 0.373 e. The Kier molecular flexibility index (Phi) is 8.14. The fourth-order valence-electron chi connectivity index (χ4n) is 2.68. The second kappa shape index (κ2) is 10.6. The molecule has 0 aliphatic carbocycles. The van der Waals surface area contributed by atoms with Crippen molar-refractivity contribution in [1.29, 1.82) is 0 Å². The molecule has 27 heavy (non-hydrogen) atoms. The molecule has 1 aromatic heterocycles. The van der Waals surface area contributed by atoms with Crippen LogP contribution in [-0.4, -0.2) is 42.4 Å². The van der Waals surface area contributed by atoms with E-state index in [-0.39, 0.29) is 0 Å². The average Bonchev–Trinajstić information content (AvgIpc) is 2.67. The number of hydrogen-bond donors (Lipinski definition) is 1. The van der Waals surface area contributed by atoms with Gasteiger partial charge in [-0.2, -0.15) is 0 Å². The first kappa shape index (κ1) is 20.8. The SMILES string of the molecule is C=CN=C/C(=C\CCC)c1cnc2ccc(N(C)CCNC(C)C)cc2n1. The van der Waals surface area contributed by atoms with Crippen LogP contribution in [0.15, 0.2) is 48.2 Å². The van der Waals surface area contributed by atoms with Gasteiger partial charge in [0.1, 0.15) is 0 Å². The van der Waals surface area contributed by atoms with Gasteiger partial charge in [-0.1, -0.05) is 39.8 Å². The molecule has 0 spiro atoms. The molecule has 0 saturated carbocycles. The Hall–Kier alpha value is -2.53. The van der Waals surface area contributed by atoms with E-state index in [4.69, 9.17) is 4.98 Å². The van der Waals surface area contributed by atoms with E-state index in [0.717, 1.165) is 53.9 Å². The highest BCUT2D eigenvalue weighted by Crippen LogP contribution is 2.21. The zero-order valence-electron chi connectivity index (χ0n) is 16.9. The highest BCUT2D eigenvalue weighted by atomic mass is 15.1. The molecule has 0 atom stereocenters. The molecule has 0 fully saturated rings. The van der Waals surface area contributed by atoms with E-state index in [1.54, 1.807) is 6.21 Å². The van der Waals surface area contributed by atoms with Crippen LogP contribution >= 0.6 is 0 Å². The normalized spacial score (nSPS) is 12.3. The van der Waals surface area contributed by atoms with Gasteiger partial charge in [-0.15, -0.1) is 0 Å². The van der Waals surface area contributed by atoms with Crippen molar-refractivity contribution in [2.75, 3.05) is 25.0 Å². The molecule has 1 heterocycles. The highest BCUT2D eigenvalue weighted by Gasteiger charge is 2.07. The van der Waals surface area contributed by atoms with Gasteiger partial charge in [0.25, 0.3) is 0 Å². The van der Waals surface area contributed by atoms with E-state index >= 15 is 0 Å². The summed E-state index contributed by atoms with van der Waals surface area (Å²) in [6.07, 6.45) is 9.35. The number of aromatic nitrogens is 2. The fourth-order valence-corrected chi connectivity index (χ4v) is 2.68. The third kappa shape index (κ3) is 6.29. The van der Waals surface area contributed by atoms with Gasteiger partial charge >= 0.3 is 0 Å². The lowest BCUT2D eigenvalue weighted by Crippen LogP contribution is -2.32. The summed E-state index contributed by atoms with van der Waals surface area (Å²) >= 11 is 0. The molecular formula is C22H31N5. The Labute approximate surface area is 162 Å². The van der Waals surface area contributed by atoms with Crippen molar-refractivity contribution in [2.45, 2.75) is 39.7 Å². The number of anilines is 1. The molecule has 1 aromatic carbocycles. The van der Waals surface area contributed by atoms with Gasteiger partial charge in [0.05, 0.1) is 22.9 Å². The van der Waals surface area contributed by atoms with Crippen LogP contribution < -0.4 is 10.2 Å². The van der Waals surface area contributed by atoms with Crippen molar-refractivity contribution < 1.29 is 0 Å². The predicted octanol–water partition coefficient (Wildman–Crippen LogP) is 4.46. The Bertz CT molecular complexity index is 807. The number of aliphatic imine (C=N–C) groups is 1. The molecule has 0 bridgehead atoms. The Morgan fingerprint density at radius 1 is 1.33 bits per heavy atom. The number of nitrogens with one attached hydrogen (secondary N) is 1. The summed E-state index contributed by atoms with van der Waals surface area (Å²) in [5, 5.41) is 3.45. The van der Waals surface area contributed by atoms with Crippen molar-refractivity contribution in [3.63, 3.8) is 0 Å². The molecule has 0 radical (unpaired) electrons. The predicted molar refractivity (Wildman–Crippen MR) is 118 cm³/mol. The van der Waals surface area contributed by atoms with Gasteiger partial charge in [-0.05, 0) is 24.6 Å². The second-order valence-electron chi connectivity index (χ2n) is 6.87. The van der Waals surface area contributed by atoms with Gasteiger partial charge in [0.2, 0.25) is 0 Å². The number of rotatable bonds is 10. The molecule has 0 amide bonds. The zero-order chi connectivity index (χ0) is 19.6. The number of likely N-dealkylation sites (N-methyl/N-ethyl adjacent to an activating group) is 1. The summed E-state index contributed by atoms with van der Waals surface area (Å²) in [5.41, 5.74) is 4.74. The topological polar surface area (TPSA) is 53.4 Å². The summed E-state index contributed by atoms with van der Waals surface area (Å²) in [6.45, 7) is 12.0. The Morgan fingerprint density at radius 2 is 2.15 bits per heavy atom. The number of fused-ring (bicyclic) bond motifs is 1. The van der Waals surface area contributed by atoms with Crippen LogP contribution in [0.25, 0.3) is 16.6 Å². The first-order valence-corrected chi connectivity index (χ1v) is 9.61. The van der Waals surface area contributed by atoms with Crippen molar-refractivity contribution in [2.24, 2.45) is 4.99 Å². The molecule has 0 aliphatic heterocycles. The summed E-state index contributed by atoms with van der Waals surface area (Å²) in [7, 11) is 2.10. The first-order chi connectivity index (χ1) is 13.0. The van der Waals surface area contributed by atoms with Crippen molar-refractivity contribution >= 4 is 28.5 Å². The van der Waals surface area contributed by atoms with Crippen LogP contribution in [0.2, 0.25) is 0 Å². The van der Waals surface area contributed by atoms with Crippen molar-refractivity contribution in [3.8, 4) is 0 Å². The maximum Gasteiger partial charge on any atom is 0.0914 e. The van der Waals surface area contributed by atoms with Gasteiger partial charge in [-0.25, -0.2) is 4.98 Å². The zero-order valence-corrected chi connectivity index (χ0v) is 16.9. The Balaban J connectivity index is 2.28. The maximum absolute atomic E-state index is 4.83. The molecule has 5 heteroatoms. The molecule has 0 saturated heterocycles. The lowest BCUT2D eigenvalue weighted by molar-refractivity contribution is 0.589.